The predicted octanol–water partition coefficient (Wildman–Crippen LogP) is 3.20. The van der Waals surface area contributed by atoms with Gasteiger partial charge in [0.25, 0.3) is 0 Å². The van der Waals surface area contributed by atoms with Gasteiger partial charge >= 0.3 is 0 Å². The van der Waals surface area contributed by atoms with Gasteiger partial charge in [0.2, 0.25) is 0 Å². The zero-order valence-electron chi connectivity index (χ0n) is 15.9. The molecule has 0 unspecified atom stereocenters. The number of halogens is 1. The number of nitrogens with one attached hydrogen (secondary N) is 1. The number of rotatable bonds is 8. The molecule has 146 valence electrons. The number of nitrogens with zero attached hydrogens (tertiary/aromatic N) is 1. The van der Waals surface area contributed by atoms with E-state index in [9.17, 15) is 4.39 Å². The average Bonchev–Trinajstić information content (AvgIpc) is 2.74. The van der Waals surface area contributed by atoms with Gasteiger partial charge in [0, 0.05) is 37.8 Å². The molecule has 1 fully saturated rings. The van der Waals surface area contributed by atoms with Crippen molar-refractivity contribution in [3.8, 4) is 17.2 Å². The lowest BCUT2D eigenvalue weighted by atomic mass is 10.0. The molecule has 1 saturated heterocycles. The first-order valence-electron chi connectivity index (χ1n) is 9.20. The van der Waals surface area contributed by atoms with Crippen LogP contribution in [0.15, 0.2) is 42.5 Å². The molecule has 27 heavy (non-hydrogen) atoms. The quantitative estimate of drug-likeness (QED) is 0.769. The summed E-state index contributed by atoms with van der Waals surface area (Å²) in [6, 6.07) is 13.2. The van der Waals surface area contributed by atoms with Gasteiger partial charge in [-0.05, 0) is 11.6 Å². The highest BCUT2D eigenvalue weighted by Crippen LogP contribution is 2.40. The van der Waals surface area contributed by atoms with Crippen LogP contribution >= 0.6 is 0 Å². The first-order valence-corrected chi connectivity index (χ1v) is 9.20. The van der Waals surface area contributed by atoms with E-state index in [1.165, 1.54) is 0 Å². The lowest BCUT2D eigenvalue weighted by molar-refractivity contribution is 0.143. The molecular formula is C21H27FN2O3. The van der Waals surface area contributed by atoms with Gasteiger partial charge in [0.1, 0.15) is 19.0 Å². The van der Waals surface area contributed by atoms with Crippen LogP contribution in [0.1, 0.15) is 17.2 Å². The average molecular weight is 374 g/mol. The lowest BCUT2D eigenvalue weighted by Crippen LogP contribution is -2.45. The van der Waals surface area contributed by atoms with E-state index in [0.29, 0.717) is 23.9 Å². The Morgan fingerprint density at radius 2 is 1.67 bits per heavy atom. The summed E-state index contributed by atoms with van der Waals surface area (Å²) >= 11 is 0. The van der Waals surface area contributed by atoms with Crippen molar-refractivity contribution in [1.29, 1.82) is 0 Å². The summed E-state index contributed by atoms with van der Waals surface area (Å²) in [7, 11) is 3.17. The molecule has 1 heterocycles. The molecule has 2 aromatic rings. The fourth-order valence-electron chi connectivity index (χ4n) is 3.37. The van der Waals surface area contributed by atoms with Crippen LogP contribution in [0.25, 0.3) is 0 Å². The summed E-state index contributed by atoms with van der Waals surface area (Å²) in [5.41, 5.74) is 1.84. The second-order valence-corrected chi connectivity index (χ2v) is 6.48. The molecule has 0 amide bonds. The Morgan fingerprint density at radius 3 is 2.30 bits per heavy atom. The van der Waals surface area contributed by atoms with Gasteiger partial charge in [-0.3, -0.25) is 4.90 Å². The minimum Gasteiger partial charge on any atom is -0.493 e. The minimum absolute atomic E-state index is 0.377. The SMILES string of the molecule is COc1cc(OCc2ccccc2)c([C@H](CF)N2CCNCC2)cc1OC. The standard InChI is InChI=1S/C21H27FN2O3/c1-25-20-12-17(18(14-22)24-10-8-23-9-11-24)19(13-21(20)26-2)27-15-16-6-4-3-5-7-16/h3-7,12-13,18,23H,8-11,14-15H2,1-2H3/t18-/m0/s1. The highest BCUT2D eigenvalue weighted by molar-refractivity contribution is 5.52. The molecule has 0 radical (unpaired) electrons. The smallest absolute Gasteiger partial charge is 0.164 e. The molecule has 5 nitrogen and oxygen atoms in total. The highest BCUT2D eigenvalue weighted by atomic mass is 19.1. The fourth-order valence-corrected chi connectivity index (χ4v) is 3.37. The molecule has 6 heteroatoms. The summed E-state index contributed by atoms with van der Waals surface area (Å²) in [4.78, 5) is 2.15. The molecule has 1 aliphatic heterocycles. The molecule has 0 aliphatic carbocycles. The molecule has 0 bridgehead atoms. The maximum atomic E-state index is 14.1. The Bertz CT molecular complexity index is 721. The third kappa shape index (κ3) is 4.70. The number of hydrogen-bond acceptors (Lipinski definition) is 5. The molecule has 3 rings (SSSR count). The first kappa shape index (κ1) is 19.5. The van der Waals surface area contributed by atoms with Crippen molar-refractivity contribution in [2.45, 2.75) is 12.6 Å². The molecular weight excluding hydrogens is 347 g/mol. The van der Waals surface area contributed by atoms with Gasteiger partial charge in [-0.2, -0.15) is 0 Å². The van der Waals surface area contributed by atoms with E-state index < -0.39 is 6.67 Å². The summed E-state index contributed by atoms with van der Waals surface area (Å²) in [6.45, 7) is 3.21. The third-order valence-electron chi connectivity index (χ3n) is 4.85. The van der Waals surface area contributed by atoms with Gasteiger partial charge in [-0.25, -0.2) is 4.39 Å². The Balaban J connectivity index is 1.93. The Morgan fingerprint density at radius 1 is 1.00 bits per heavy atom. The van der Waals surface area contributed by atoms with E-state index in [1.54, 1.807) is 20.3 Å². The maximum Gasteiger partial charge on any atom is 0.164 e. The Kier molecular flexibility index (Phi) is 6.90. The largest absolute Gasteiger partial charge is 0.493 e. The number of benzene rings is 2. The predicted molar refractivity (Wildman–Crippen MR) is 103 cm³/mol. The topological polar surface area (TPSA) is 43.0 Å². The Labute approximate surface area is 160 Å². The molecule has 1 atom stereocenters. The van der Waals surface area contributed by atoms with E-state index in [-0.39, 0.29) is 6.04 Å². The van der Waals surface area contributed by atoms with Crippen LogP contribution in [0, 0.1) is 0 Å². The number of piperazine rings is 1. The van der Waals surface area contributed by atoms with Crippen LogP contribution in [0.2, 0.25) is 0 Å². The van der Waals surface area contributed by atoms with Crippen molar-refractivity contribution in [1.82, 2.24) is 10.2 Å². The first-order chi connectivity index (χ1) is 13.3. The van der Waals surface area contributed by atoms with Crippen LogP contribution in [-0.4, -0.2) is 52.0 Å². The molecule has 0 aromatic heterocycles. The van der Waals surface area contributed by atoms with Crippen LogP contribution in [0.4, 0.5) is 4.39 Å². The summed E-state index contributed by atoms with van der Waals surface area (Å²) < 4.78 is 31.1. The van der Waals surface area contributed by atoms with Crippen molar-refractivity contribution < 1.29 is 18.6 Å². The second kappa shape index (κ2) is 9.58. The molecule has 2 aromatic carbocycles. The van der Waals surface area contributed by atoms with Crippen molar-refractivity contribution >= 4 is 0 Å². The molecule has 0 spiro atoms. The number of alkyl halides is 1. The van der Waals surface area contributed by atoms with Gasteiger partial charge in [0.05, 0.1) is 20.3 Å². The van der Waals surface area contributed by atoms with Crippen molar-refractivity contribution in [2.24, 2.45) is 0 Å². The van der Waals surface area contributed by atoms with Gasteiger partial charge < -0.3 is 19.5 Å². The number of hydrogen-bond donors (Lipinski definition) is 1. The van der Waals surface area contributed by atoms with Crippen molar-refractivity contribution in [3.05, 3.63) is 53.6 Å². The fraction of sp³-hybridized carbons (Fsp3) is 0.429. The number of ether oxygens (including phenoxy) is 3. The summed E-state index contributed by atoms with van der Waals surface area (Å²) in [5.74, 6) is 1.77. The van der Waals surface area contributed by atoms with Crippen LogP contribution in [0.3, 0.4) is 0 Å². The summed E-state index contributed by atoms with van der Waals surface area (Å²) in [5, 5.41) is 3.31. The zero-order valence-corrected chi connectivity index (χ0v) is 15.9. The molecule has 0 saturated carbocycles. The monoisotopic (exact) mass is 374 g/mol. The summed E-state index contributed by atoms with van der Waals surface area (Å²) in [6.07, 6.45) is 0. The molecule has 1 N–H and O–H groups in total. The van der Waals surface area contributed by atoms with E-state index in [2.05, 4.69) is 10.2 Å². The Hall–Kier alpha value is -2.31. The normalized spacial score (nSPS) is 16.0. The van der Waals surface area contributed by atoms with Gasteiger partial charge in [-0.15, -0.1) is 0 Å². The van der Waals surface area contributed by atoms with Gasteiger partial charge in [0.15, 0.2) is 11.5 Å². The highest BCUT2D eigenvalue weighted by Gasteiger charge is 2.27. The van der Waals surface area contributed by atoms with Crippen LogP contribution in [-0.2, 0) is 6.61 Å². The van der Waals surface area contributed by atoms with Crippen molar-refractivity contribution in [3.63, 3.8) is 0 Å². The van der Waals surface area contributed by atoms with E-state index in [1.807, 2.05) is 36.4 Å². The van der Waals surface area contributed by atoms with Crippen LogP contribution in [0.5, 0.6) is 17.2 Å². The van der Waals surface area contributed by atoms with E-state index in [4.69, 9.17) is 14.2 Å². The van der Waals surface area contributed by atoms with Crippen molar-refractivity contribution in [2.75, 3.05) is 47.1 Å². The van der Waals surface area contributed by atoms with Gasteiger partial charge in [-0.1, -0.05) is 30.3 Å². The molecule has 1 aliphatic rings. The third-order valence-corrected chi connectivity index (χ3v) is 4.85. The second-order valence-electron chi connectivity index (χ2n) is 6.48. The lowest BCUT2D eigenvalue weighted by Gasteiger charge is -2.34. The van der Waals surface area contributed by atoms with E-state index in [0.717, 1.165) is 37.3 Å². The minimum atomic E-state index is -0.489. The zero-order chi connectivity index (χ0) is 19.1. The number of methoxy groups -OCH3 is 2. The maximum absolute atomic E-state index is 14.1. The van der Waals surface area contributed by atoms with E-state index >= 15 is 0 Å². The van der Waals surface area contributed by atoms with Crippen LogP contribution < -0.4 is 19.5 Å².